The van der Waals surface area contributed by atoms with Gasteiger partial charge in [0, 0.05) is 31.8 Å². The molecule has 3 aliphatic rings. The SMILES string of the molecule is CS(=O)(=O)N1CCC(N=C2NC(c3cccc(C(F)(F)F)n3)=NC(N)(C3CCC(F)(F)C3)N2)C1. The molecule has 4 rings (SSSR count). The smallest absolute Gasteiger partial charge is 0.319 e. The maximum absolute atomic E-state index is 13.9. The highest BCUT2D eigenvalue weighted by atomic mass is 32.2. The third-order valence-corrected chi connectivity index (χ3v) is 7.34. The number of aliphatic imine (C=N–C) groups is 2. The van der Waals surface area contributed by atoms with Crippen LogP contribution in [0.1, 0.15) is 37.1 Å². The van der Waals surface area contributed by atoms with Crippen molar-refractivity contribution in [2.24, 2.45) is 21.6 Å². The number of hydrogen-bond donors (Lipinski definition) is 3. The molecule has 3 unspecified atom stereocenters. The number of rotatable bonds is 4. The summed E-state index contributed by atoms with van der Waals surface area (Å²) >= 11 is 0. The summed E-state index contributed by atoms with van der Waals surface area (Å²) in [7, 11) is -3.42. The van der Waals surface area contributed by atoms with Crippen molar-refractivity contribution in [1.29, 1.82) is 0 Å². The van der Waals surface area contributed by atoms with Gasteiger partial charge in [0.15, 0.2) is 17.6 Å². The molecule has 188 valence electrons. The van der Waals surface area contributed by atoms with Crippen LogP contribution in [0, 0.1) is 5.92 Å². The predicted octanol–water partition coefficient (Wildman–Crippen LogP) is 1.48. The van der Waals surface area contributed by atoms with Gasteiger partial charge in [-0.15, -0.1) is 0 Å². The first-order chi connectivity index (χ1) is 15.6. The average molecular weight is 510 g/mol. The van der Waals surface area contributed by atoms with E-state index in [0.717, 1.165) is 18.4 Å². The minimum absolute atomic E-state index is 0.00211. The third kappa shape index (κ3) is 5.30. The van der Waals surface area contributed by atoms with E-state index in [0.29, 0.717) is 6.42 Å². The highest BCUT2D eigenvalue weighted by molar-refractivity contribution is 7.88. The van der Waals surface area contributed by atoms with Crippen LogP contribution in [0.2, 0.25) is 0 Å². The summed E-state index contributed by atoms with van der Waals surface area (Å²) < 4.78 is 92.2. The minimum atomic E-state index is -4.70. The van der Waals surface area contributed by atoms with Crippen LogP contribution in [0.4, 0.5) is 22.0 Å². The van der Waals surface area contributed by atoms with Crippen molar-refractivity contribution >= 4 is 21.8 Å². The number of nitrogens with one attached hydrogen (secondary N) is 2. The molecule has 0 aromatic carbocycles. The molecule has 0 bridgehead atoms. The van der Waals surface area contributed by atoms with E-state index in [4.69, 9.17) is 5.73 Å². The Bertz CT molecular complexity index is 1120. The minimum Gasteiger partial charge on any atom is -0.319 e. The number of nitrogens with zero attached hydrogens (tertiary/aromatic N) is 4. The molecule has 0 radical (unpaired) electrons. The van der Waals surface area contributed by atoms with Gasteiger partial charge in [-0.3, -0.25) is 5.73 Å². The van der Waals surface area contributed by atoms with Gasteiger partial charge in [-0.25, -0.2) is 32.2 Å². The number of aromatic nitrogens is 1. The van der Waals surface area contributed by atoms with E-state index in [1.807, 2.05) is 0 Å². The molecule has 1 saturated carbocycles. The first-order valence-corrected chi connectivity index (χ1v) is 12.4. The topological polar surface area (TPSA) is 125 Å². The number of halogens is 5. The molecule has 2 fully saturated rings. The van der Waals surface area contributed by atoms with Crippen LogP contribution in [0.3, 0.4) is 0 Å². The normalized spacial score (nSPS) is 31.3. The van der Waals surface area contributed by atoms with Gasteiger partial charge in [-0.2, -0.15) is 17.5 Å². The third-order valence-electron chi connectivity index (χ3n) is 6.07. The fourth-order valence-corrected chi connectivity index (χ4v) is 5.18. The van der Waals surface area contributed by atoms with Crippen LogP contribution in [-0.2, 0) is 16.2 Å². The Hall–Kier alpha value is -2.39. The van der Waals surface area contributed by atoms with Crippen molar-refractivity contribution < 1.29 is 30.4 Å². The van der Waals surface area contributed by atoms with Crippen molar-refractivity contribution in [3.8, 4) is 0 Å². The van der Waals surface area contributed by atoms with Crippen molar-refractivity contribution in [2.75, 3.05) is 19.3 Å². The number of pyridine rings is 1. The predicted molar refractivity (Wildman–Crippen MR) is 114 cm³/mol. The lowest BCUT2D eigenvalue weighted by atomic mass is 9.98. The quantitative estimate of drug-likeness (QED) is 0.528. The molecule has 34 heavy (non-hydrogen) atoms. The summed E-state index contributed by atoms with van der Waals surface area (Å²) in [6.45, 7) is 0.345. The van der Waals surface area contributed by atoms with Crippen LogP contribution in [0.25, 0.3) is 0 Å². The maximum Gasteiger partial charge on any atom is 0.433 e. The first kappa shape index (κ1) is 24.7. The van der Waals surface area contributed by atoms with Crippen molar-refractivity contribution in [3.63, 3.8) is 0 Å². The van der Waals surface area contributed by atoms with Crippen molar-refractivity contribution in [3.05, 3.63) is 29.6 Å². The zero-order valence-electron chi connectivity index (χ0n) is 18.1. The molecule has 3 atom stereocenters. The van der Waals surface area contributed by atoms with Gasteiger partial charge >= 0.3 is 6.18 Å². The molecule has 15 heteroatoms. The van der Waals surface area contributed by atoms with E-state index in [9.17, 15) is 30.4 Å². The van der Waals surface area contributed by atoms with E-state index in [1.54, 1.807) is 0 Å². The molecular formula is C19H24F5N7O2S. The summed E-state index contributed by atoms with van der Waals surface area (Å²) in [5.41, 5.74) is 5.05. The van der Waals surface area contributed by atoms with Crippen molar-refractivity contribution in [1.82, 2.24) is 19.9 Å². The second-order valence-electron chi connectivity index (χ2n) is 8.78. The van der Waals surface area contributed by atoms with Gasteiger partial charge in [0.2, 0.25) is 15.9 Å². The highest BCUT2D eigenvalue weighted by Gasteiger charge is 2.50. The Morgan fingerprint density at radius 2 is 2.00 bits per heavy atom. The monoisotopic (exact) mass is 509 g/mol. The van der Waals surface area contributed by atoms with Crippen LogP contribution in [0.5, 0.6) is 0 Å². The maximum atomic E-state index is 13.9. The lowest BCUT2D eigenvalue weighted by Crippen LogP contribution is -2.66. The van der Waals surface area contributed by atoms with Gasteiger partial charge in [0.25, 0.3) is 0 Å². The number of alkyl halides is 5. The molecule has 4 N–H and O–H groups in total. The van der Waals surface area contributed by atoms with Gasteiger partial charge in [0.1, 0.15) is 11.4 Å². The van der Waals surface area contributed by atoms with Crippen LogP contribution in [0.15, 0.2) is 28.2 Å². The lowest BCUT2D eigenvalue weighted by molar-refractivity contribution is -0.141. The van der Waals surface area contributed by atoms with Crippen LogP contribution < -0.4 is 16.4 Å². The van der Waals surface area contributed by atoms with E-state index in [-0.39, 0.29) is 37.0 Å². The van der Waals surface area contributed by atoms with E-state index >= 15 is 0 Å². The van der Waals surface area contributed by atoms with Gasteiger partial charge < -0.3 is 10.6 Å². The molecule has 9 nitrogen and oxygen atoms in total. The van der Waals surface area contributed by atoms with E-state index < -0.39 is 58.4 Å². The van der Waals surface area contributed by atoms with Crippen LogP contribution >= 0.6 is 0 Å². The van der Waals surface area contributed by atoms with Crippen LogP contribution in [-0.4, -0.2) is 66.6 Å². The van der Waals surface area contributed by atoms with Gasteiger partial charge in [-0.1, -0.05) is 6.07 Å². The zero-order chi connectivity index (χ0) is 24.9. The average Bonchev–Trinajstić information content (AvgIpc) is 3.33. The van der Waals surface area contributed by atoms with Gasteiger partial charge in [-0.05, 0) is 25.0 Å². The largest absolute Gasteiger partial charge is 0.433 e. The van der Waals surface area contributed by atoms with Gasteiger partial charge in [0.05, 0.1) is 12.3 Å². The fraction of sp³-hybridized carbons (Fsp3) is 0.632. The molecule has 1 aromatic heterocycles. The second-order valence-corrected chi connectivity index (χ2v) is 10.8. The molecule has 2 aliphatic heterocycles. The number of nitrogens with two attached hydrogens (primary N) is 1. The molecule has 0 spiro atoms. The number of amidine groups is 1. The summed E-state index contributed by atoms with van der Waals surface area (Å²) in [5, 5.41) is 5.56. The summed E-state index contributed by atoms with van der Waals surface area (Å²) in [6.07, 6.45) is -4.13. The number of sulfonamides is 1. The van der Waals surface area contributed by atoms with E-state index in [2.05, 4.69) is 25.6 Å². The Kier molecular flexibility index (Phi) is 6.09. The molecule has 0 amide bonds. The Morgan fingerprint density at radius 3 is 2.59 bits per heavy atom. The highest BCUT2D eigenvalue weighted by Crippen LogP contribution is 2.43. The molecule has 1 saturated heterocycles. The summed E-state index contributed by atoms with van der Waals surface area (Å²) in [4.78, 5) is 12.3. The second kappa shape index (κ2) is 8.37. The molecular weight excluding hydrogens is 485 g/mol. The Labute approximate surface area is 192 Å². The van der Waals surface area contributed by atoms with E-state index in [1.165, 1.54) is 10.4 Å². The lowest BCUT2D eigenvalue weighted by Gasteiger charge is -2.38. The van der Waals surface area contributed by atoms with Crippen molar-refractivity contribution in [2.45, 2.75) is 49.6 Å². The fourth-order valence-electron chi connectivity index (χ4n) is 4.30. The molecule has 1 aliphatic carbocycles. The zero-order valence-corrected chi connectivity index (χ0v) is 18.9. The summed E-state index contributed by atoms with van der Waals surface area (Å²) in [5.74, 6) is -5.69. The molecule has 1 aromatic rings. The standard InChI is InChI=1S/C19H24F5N7O2S/c1-34(32,33)31-8-6-12(10-31)26-16-28-15(13-3-2-4-14(27-13)18(22,23)24)29-19(25,30-16)11-5-7-17(20,21)9-11/h2-4,11-12H,5-10,25H2,1H3,(H2,26,28,29,30). The number of hydrogen-bond acceptors (Lipinski definition) is 6. The molecule has 3 heterocycles. The Balaban J connectivity index is 1.68. The number of guanidine groups is 1. The first-order valence-electron chi connectivity index (χ1n) is 10.5. The summed E-state index contributed by atoms with van der Waals surface area (Å²) in [6, 6.07) is 2.75. The Morgan fingerprint density at radius 1 is 1.26 bits per heavy atom.